The van der Waals surface area contributed by atoms with Gasteiger partial charge in [-0.2, -0.15) is 0 Å². The van der Waals surface area contributed by atoms with E-state index in [0.29, 0.717) is 39.5 Å². The molecule has 0 aliphatic carbocycles. The molecule has 0 bridgehead atoms. The van der Waals surface area contributed by atoms with Gasteiger partial charge in [0.1, 0.15) is 11.0 Å². The average Bonchev–Trinajstić information content (AvgIpc) is 3.19. The molecule has 1 fully saturated rings. The van der Waals surface area contributed by atoms with E-state index in [4.69, 9.17) is 21.1 Å². The molecule has 1 aliphatic heterocycles. The van der Waals surface area contributed by atoms with Gasteiger partial charge in [0.15, 0.2) is 5.17 Å². The van der Waals surface area contributed by atoms with E-state index in [-0.39, 0.29) is 31.4 Å². The fourth-order valence-corrected chi connectivity index (χ4v) is 5.23. The number of amides is 2. The predicted octanol–water partition coefficient (Wildman–Crippen LogP) is 6.08. The quantitative estimate of drug-likeness (QED) is 0.299. The summed E-state index contributed by atoms with van der Waals surface area (Å²) in [6, 6.07) is 21.0. The van der Waals surface area contributed by atoms with Crippen molar-refractivity contribution in [2.75, 3.05) is 18.5 Å². The van der Waals surface area contributed by atoms with E-state index >= 15 is 0 Å². The SMILES string of the molecule is CCOC(=O)c1ccc(N=C2S[C@@H](CC(=O)Nc3cccc(OCC)c3)C(=O)N2Cc2ccccc2Cl)cc1. The zero-order chi connectivity index (χ0) is 27.8. The lowest BCUT2D eigenvalue weighted by atomic mass is 10.2. The normalized spacial score (nSPS) is 15.9. The van der Waals surface area contributed by atoms with Crippen molar-refractivity contribution < 1.29 is 23.9 Å². The molecule has 10 heteroatoms. The number of hydrogen-bond acceptors (Lipinski definition) is 7. The molecule has 1 aliphatic rings. The van der Waals surface area contributed by atoms with E-state index in [1.807, 2.05) is 31.2 Å². The number of hydrogen-bond donors (Lipinski definition) is 1. The number of nitrogens with zero attached hydrogens (tertiary/aromatic N) is 2. The highest BCUT2D eigenvalue weighted by atomic mass is 35.5. The van der Waals surface area contributed by atoms with E-state index in [1.165, 1.54) is 11.8 Å². The Balaban J connectivity index is 1.54. The fraction of sp³-hybridized carbons (Fsp3) is 0.241. The van der Waals surface area contributed by atoms with Crippen molar-refractivity contribution in [2.45, 2.75) is 32.1 Å². The first-order valence-corrected chi connectivity index (χ1v) is 13.7. The molecule has 202 valence electrons. The smallest absolute Gasteiger partial charge is 0.338 e. The summed E-state index contributed by atoms with van der Waals surface area (Å²) < 4.78 is 10.5. The molecule has 1 atom stereocenters. The third kappa shape index (κ3) is 7.40. The van der Waals surface area contributed by atoms with Gasteiger partial charge in [-0.3, -0.25) is 14.5 Å². The Bertz CT molecular complexity index is 1380. The fourth-order valence-electron chi connectivity index (χ4n) is 3.88. The van der Waals surface area contributed by atoms with Crippen LogP contribution >= 0.6 is 23.4 Å². The van der Waals surface area contributed by atoms with Crippen LogP contribution in [-0.2, 0) is 20.9 Å². The lowest BCUT2D eigenvalue weighted by Crippen LogP contribution is -2.33. The number of amidine groups is 1. The molecule has 3 aromatic rings. The minimum absolute atomic E-state index is 0.0395. The Hall–Kier alpha value is -3.82. The van der Waals surface area contributed by atoms with Gasteiger partial charge in [-0.25, -0.2) is 9.79 Å². The highest BCUT2D eigenvalue weighted by molar-refractivity contribution is 8.15. The van der Waals surface area contributed by atoms with Crippen LogP contribution in [0.1, 0.15) is 36.2 Å². The van der Waals surface area contributed by atoms with E-state index < -0.39 is 11.2 Å². The number of anilines is 1. The van der Waals surface area contributed by atoms with Gasteiger partial charge < -0.3 is 14.8 Å². The molecule has 0 unspecified atom stereocenters. The molecule has 39 heavy (non-hydrogen) atoms. The molecule has 1 heterocycles. The van der Waals surface area contributed by atoms with Crippen LogP contribution in [0.3, 0.4) is 0 Å². The zero-order valence-corrected chi connectivity index (χ0v) is 23.1. The number of benzene rings is 3. The van der Waals surface area contributed by atoms with Crippen molar-refractivity contribution in [3.05, 3.63) is 88.9 Å². The molecule has 0 radical (unpaired) electrons. The second kappa shape index (κ2) is 13.3. The monoisotopic (exact) mass is 565 g/mol. The van der Waals surface area contributed by atoms with Crippen molar-refractivity contribution in [2.24, 2.45) is 4.99 Å². The largest absolute Gasteiger partial charge is 0.494 e. The Morgan fingerprint density at radius 3 is 2.51 bits per heavy atom. The Morgan fingerprint density at radius 2 is 1.79 bits per heavy atom. The number of rotatable bonds is 10. The molecule has 0 saturated carbocycles. The molecule has 3 aromatic carbocycles. The van der Waals surface area contributed by atoms with Crippen LogP contribution in [0, 0.1) is 0 Å². The lowest BCUT2D eigenvalue weighted by molar-refractivity contribution is -0.128. The van der Waals surface area contributed by atoms with Crippen molar-refractivity contribution in [3.63, 3.8) is 0 Å². The first-order valence-electron chi connectivity index (χ1n) is 12.5. The van der Waals surface area contributed by atoms with Crippen LogP contribution in [0.4, 0.5) is 11.4 Å². The molecule has 1 saturated heterocycles. The van der Waals surface area contributed by atoms with E-state index in [0.717, 1.165) is 5.56 Å². The highest BCUT2D eigenvalue weighted by Gasteiger charge is 2.39. The summed E-state index contributed by atoms with van der Waals surface area (Å²) in [6.07, 6.45) is -0.0395. The van der Waals surface area contributed by atoms with Crippen molar-refractivity contribution in [1.82, 2.24) is 4.90 Å². The minimum atomic E-state index is -0.667. The second-order valence-corrected chi connectivity index (χ2v) is 10.1. The Kier molecular flexibility index (Phi) is 9.62. The summed E-state index contributed by atoms with van der Waals surface area (Å²) in [5, 5.41) is 3.15. The third-order valence-corrected chi connectivity index (χ3v) is 7.25. The van der Waals surface area contributed by atoms with Crippen LogP contribution in [-0.4, -0.2) is 46.3 Å². The molecule has 1 N–H and O–H groups in total. The standard InChI is InChI=1S/C29H28ClN3O5S/c1-3-37-23-10-7-9-22(16-23)31-26(34)17-25-27(35)33(18-20-8-5-6-11-24(20)30)29(39-25)32-21-14-12-19(13-15-21)28(36)38-4-2/h5-16,25H,3-4,17-18H2,1-2H3,(H,31,34)/t25-/m0/s1. The Labute approximate surface area is 236 Å². The predicted molar refractivity (Wildman–Crippen MR) is 154 cm³/mol. The minimum Gasteiger partial charge on any atom is -0.494 e. The Morgan fingerprint density at radius 1 is 1.03 bits per heavy atom. The summed E-state index contributed by atoms with van der Waals surface area (Å²) in [6.45, 7) is 4.64. The number of nitrogens with one attached hydrogen (secondary N) is 1. The maximum absolute atomic E-state index is 13.5. The molecule has 0 spiro atoms. The average molecular weight is 566 g/mol. The number of ether oxygens (including phenoxy) is 2. The van der Waals surface area contributed by atoms with Gasteiger partial charge in [-0.1, -0.05) is 47.6 Å². The van der Waals surface area contributed by atoms with Gasteiger partial charge in [-0.15, -0.1) is 0 Å². The summed E-state index contributed by atoms with van der Waals surface area (Å²) in [4.78, 5) is 44.6. The highest BCUT2D eigenvalue weighted by Crippen LogP contribution is 2.34. The number of aliphatic imine (C=N–C) groups is 1. The topological polar surface area (TPSA) is 97.3 Å². The summed E-state index contributed by atoms with van der Waals surface area (Å²) in [7, 11) is 0. The zero-order valence-electron chi connectivity index (χ0n) is 21.6. The van der Waals surface area contributed by atoms with Crippen LogP contribution in [0.2, 0.25) is 5.02 Å². The molecule has 8 nitrogen and oxygen atoms in total. The molecule has 4 rings (SSSR count). The summed E-state index contributed by atoms with van der Waals surface area (Å²) >= 11 is 7.60. The second-order valence-electron chi connectivity index (χ2n) is 8.50. The van der Waals surface area contributed by atoms with Crippen LogP contribution in [0.25, 0.3) is 0 Å². The first kappa shape index (κ1) is 28.2. The van der Waals surface area contributed by atoms with Gasteiger partial charge in [0.05, 0.1) is 31.0 Å². The molecule has 2 amide bonds. The molecular weight excluding hydrogens is 538 g/mol. The lowest BCUT2D eigenvalue weighted by Gasteiger charge is -2.17. The maximum atomic E-state index is 13.5. The van der Waals surface area contributed by atoms with Crippen LogP contribution in [0.5, 0.6) is 5.75 Å². The molecular formula is C29H28ClN3O5S. The van der Waals surface area contributed by atoms with E-state index in [9.17, 15) is 14.4 Å². The van der Waals surface area contributed by atoms with Crippen molar-refractivity contribution in [3.8, 4) is 5.75 Å². The number of esters is 1. The van der Waals surface area contributed by atoms with Gasteiger partial charge in [0.2, 0.25) is 11.8 Å². The van der Waals surface area contributed by atoms with E-state index in [1.54, 1.807) is 60.4 Å². The number of carbonyl (C=O) groups excluding carboxylic acids is 3. The van der Waals surface area contributed by atoms with Gasteiger partial charge in [0, 0.05) is 23.2 Å². The maximum Gasteiger partial charge on any atom is 0.338 e. The van der Waals surface area contributed by atoms with Gasteiger partial charge in [-0.05, 0) is 61.9 Å². The van der Waals surface area contributed by atoms with Gasteiger partial charge in [0.25, 0.3) is 0 Å². The number of halogens is 1. The summed E-state index contributed by atoms with van der Waals surface area (Å²) in [5.41, 5.74) is 2.31. The number of carbonyl (C=O) groups is 3. The molecule has 0 aromatic heterocycles. The van der Waals surface area contributed by atoms with Crippen LogP contribution in [0.15, 0.2) is 77.8 Å². The number of thioether (sulfide) groups is 1. The first-order chi connectivity index (χ1) is 18.9. The van der Waals surface area contributed by atoms with Crippen molar-refractivity contribution >= 4 is 57.7 Å². The van der Waals surface area contributed by atoms with Gasteiger partial charge >= 0.3 is 5.97 Å². The van der Waals surface area contributed by atoms with Crippen LogP contribution < -0.4 is 10.1 Å². The van der Waals surface area contributed by atoms with Crippen molar-refractivity contribution in [1.29, 1.82) is 0 Å². The summed E-state index contributed by atoms with van der Waals surface area (Å²) in [5.74, 6) is -0.302. The van der Waals surface area contributed by atoms with E-state index in [2.05, 4.69) is 10.3 Å². The third-order valence-electron chi connectivity index (χ3n) is 5.71.